The fourth-order valence-electron chi connectivity index (χ4n) is 1.86. The zero-order valence-corrected chi connectivity index (χ0v) is 10.1. The number of aromatic nitrogens is 1. The zero-order chi connectivity index (χ0) is 12.4. The van der Waals surface area contributed by atoms with Crippen LogP contribution in [0.5, 0.6) is 0 Å². The van der Waals surface area contributed by atoms with Crippen LogP contribution in [0.1, 0.15) is 6.92 Å². The number of para-hydroxylation sites is 1. The number of carbonyl (C=O) groups is 1. The minimum Gasteiger partial charge on any atom is -0.478 e. The third kappa shape index (κ3) is 2.50. The second-order valence-corrected chi connectivity index (χ2v) is 4.36. The van der Waals surface area contributed by atoms with Gasteiger partial charge in [-0.2, -0.15) is 0 Å². The van der Waals surface area contributed by atoms with Crippen LogP contribution in [0.3, 0.4) is 0 Å². The molecule has 0 aliphatic rings. The molecule has 1 N–H and O–H groups in total. The van der Waals surface area contributed by atoms with E-state index < -0.39 is 5.97 Å². The summed E-state index contributed by atoms with van der Waals surface area (Å²) < 4.78 is 1.95. The van der Waals surface area contributed by atoms with Gasteiger partial charge in [0.2, 0.25) is 0 Å². The summed E-state index contributed by atoms with van der Waals surface area (Å²) in [6.45, 7) is 2.32. The van der Waals surface area contributed by atoms with E-state index in [4.69, 9.17) is 16.7 Å². The molecule has 0 unspecified atom stereocenters. The van der Waals surface area contributed by atoms with Crippen LogP contribution in [0, 0.1) is 0 Å². The Balaban J connectivity index is 2.40. The highest BCUT2D eigenvalue weighted by molar-refractivity contribution is 6.35. The molecule has 0 saturated heterocycles. The standard InChI is InChI=1S/C13H12ClNO2/c1-9(6-13(16)17)7-15-8-11(14)10-4-2-3-5-12(10)15/h2-6,8H,7H2,1H3,(H,16,17). The van der Waals surface area contributed by atoms with Crippen LogP contribution in [0.25, 0.3) is 10.9 Å². The molecule has 2 rings (SSSR count). The van der Waals surface area contributed by atoms with E-state index >= 15 is 0 Å². The third-order valence-corrected chi connectivity index (χ3v) is 2.83. The third-order valence-electron chi connectivity index (χ3n) is 2.53. The first-order chi connectivity index (χ1) is 8.08. The van der Waals surface area contributed by atoms with Crippen molar-refractivity contribution >= 4 is 28.5 Å². The van der Waals surface area contributed by atoms with E-state index in [1.165, 1.54) is 6.08 Å². The zero-order valence-electron chi connectivity index (χ0n) is 9.35. The Bertz CT molecular complexity index is 598. The van der Waals surface area contributed by atoms with Crippen molar-refractivity contribution in [1.82, 2.24) is 4.57 Å². The predicted octanol–water partition coefficient (Wildman–Crippen LogP) is 3.33. The molecule has 0 fully saturated rings. The van der Waals surface area contributed by atoms with Gasteiger partial charge in [-0.25, -0.2) is 4.79 Å². The number of nitrogens with zero attached hydrogens (tertiary/aromatic N) is 1. The number of rotatable bonds is 3. The Morgan fingerprint density at radius 1 is 1.47 bits per heavy atom. The fraction of sp³-hybridized carbons (Fsp3) is 0.154. The smallest absolute Gasteiger partial charge is 0.328 e. The number of carboxylic acid groups (broad SMARTS) is 1. The summed E-state index contributed by atoms with van der Waals surface area (Å²) >= 11 is 6.11. The number of aliphatic carboxylic acids is 1. The molecule has 17 heavy (non-hydrogen) atoms. The molecular formula is C13H12ClNO2. The highest BCUT2D eigenvalue weighted by Gasteiger charge is 2.06. The molecule has 1 aromatic carbocycles. The molecule has 3 nitrogen and oxygen atoms in total. The minimum atomic E-state index is -0.926. The molecule has 0 spiro atoms. The lowest BCUT2D eigenvalue weighted by atomic mass is 10.2. The number of carboxylic acids is 1. The lowest BCUT2D eigenvalue weighted by molar-refractivity contribution is -0.131. The van der Waals surface area contributed by atoms with Gasteiger partial charge < -0.3 is 9.67 Å². The maximum Gasteiger partial charge on any atom is 0.328 e. The van der Waals surface area contributed by atoms with Gasteiger partial charge >= 0.3 is 5.97 Å². The average molecular weight is 250 g/mol. The normalized spacial score (nSPS) is 12.0. The average Bonchev–Trinajstić information content (AvgIpc) is 2.55. The quantitative estimate of drug-likeness (QED) is 0.848. The minimum absolute atomic E-state index is 0.527. The molecule has 0 aliphatic carbocycles. The van der Waals surface area contributed by atoms with E-state index in [1.54, 1.807) is 6.92 Å². The van der Waals surface area contributed by atoms with E-state index in [9.17, 15) is 4.79 Å². The molecule has 1 heterocycles. The summed E-state index contributed by atoms with van der Waals surface area (Å²) in [5.41, 5.74) is 1.78. The molecule has 1 aromatic heterocycles. The molecule has 0 saturated carbocycles. The summed E-state index contributed by atoms with van der Waals surface area (Å²) in [6.07, 6.45) is 3.04. The van der Waals surface area contributed by atoms with Crippen molar-refractivity contribution in [2.75, 3.05) is 0 Å². The molecule has 2 aromatic rings. The van der Waals surface area contributed by atoms with Crippen LogP contribution < -0.4 is 0 Å². The Labute approximate surface area is 104 Å². The number of fused-ring (bicyclic) bond motifs is 1. The van der Waals surface area contributed by atoms with Gasteiger partial charge in [0.1, 0.15) is 0 Å². The second kappa shape index (κ2) is 4.63. The van der Waals surface area contributed by atoms with Crippen LogP contribution in [0.2, 0.25) is 5.02 Å². The molecule has 4 heteroatoms. The number of halogens is 1. The van der Waals surface area contributed by atoms with Gasteiger partial charge in [-0.15, -0.1) is 0 Å². The summed E-state index contributed by atoms with van der Waals surface area (Å²) in [4.78, 5) is 10.6. The summed E-state index contributed by atoms with van der Waals surface area (Å²) in [6, 6.07) is 7.78. The van der Waals surface area contributed by atoms with Gasteiger partial charge in [0, 0.05) is 29.7 Å². The second-order valence-electron chi connectivity index (χ2n) is 3.95. The Morgan fingerprint density at radius 2 is 2.18 bits per heavy atom. The van der Waals surface area contributed by atoms with Crippen molar-refractivity contribution in [2.24, 2.45) is 0 Å². The predicted molar refractivity (Wildman–Crippen MR) is 68.3 cm³/mol. The first-order valence-electron chi connectivity index (χ1n) is 5.21. The van der Waals surface area contributed by atoms with E-state index in [2.05, 4.69) is 0 Å². The molecule has 0 radical (unpaired) electrons. The summed E-state index contributed by atoms with van der Waals surface area (Å²) in [7, 11) is 0. The highest BCUT2D eigenvalue weighted by Crippen LogP contribution is 2.25. The van der Waals surface area contributed by atoms with Gasteiger partial charge in [0.05, 0.1) is 5.02 Å². The largest absolute Gasteiger partial charge is 0.478 e. The van der Waals surface area contributed by atoms with Crippen molar-refractivity contribution < 1.29 is 9.90 Å². The van der Waals surface area contributed by atoms with Crippen LogP contribution in [0.15, 0.2) is 42.1 Å². The molecular weight excluding hydrogens is 238 g/mol. The van der Waals surface area contributed by atoms with Crippen molar-refractivity contribution in [3.8, 4) is 0 Å². The lowest BCUT2D eigenvalue weighted by Gasteiger charge is -2.04. The maximum absolute atomic E-state index is 10.6. The van der Waals surface area contributed by atoms with E-state index in [0.717, 1.165) is 16.5 Å². The van der Waals surface area contributed by atoms with E-state index in [-0.39, 0.29) is 0 Å². The van der Waals surface area contributed by atoms with Crippen LogP contribution in [0.4, 0.5) is 0 Å². The van der Waals surface area contributed by atoms with Gasteiger partial charge in [0.25, 0.3) is 0 Å². The Hall–Kier alpha value is -1.74. The molecule has 0 atom stereocenters. The van der Waals surface area contributed by atoms with E-state index in [0.29, 0.717) is 11.6 Å². The first kappa shape index (κ1) is 11.7. The maximum atomic E-state index is 10.6. The van der Waals surface area contributed by atoms with Crippen molar-refractivity contribution in [1.29, 1.82) is 0 Å². The summed E-state index contributed by atoms with van der Waals surface area (Å²) in [5.74, 6) is -0.926. The Kier molecular flexibility index (Phi) is 3.20. The van der Waals surface area contributed by atoms with E-state index in [1.807, 2.05) is 35.0 Å². The Morgan fingerprint density at radius 3 is 2.88 bits per heavy atom. The van der Waals surface area contributed by atoms with Gasteiger partial charge in [-0.3, -0.25) is 0 Å². The lowest BCUT2D eigenvalue weighted by Crippen LogP contribution is -1.99. The number of allylic oxidation sites excluding steroid dienone is 1. The van der Waals surface area contributed by atoms with Crippen molar-refractivity contribution in [3.05, 3.63) is 47.1 Å². The van der Waals surface area contributed by atoms with Gasteiger partial charge in [0.15, 0.2) is 0 Å². The summed E-state index contributed by atoms with van der Waals surface area (Å²) in [5, 5.41) is 10.3. The molecule has 0 aliphatic heterocycles. The monoisotopic (exact) mass is 249 g/mol. The molecule has 0 amide bonds. The van der Waals surface area contributed by atoms with Crippen LogP contribution in [-0.4, -0.2) is 15.6 Å². The SMILES string of the molecule is CC(=CC(=O)O)Cn1cc(Cl)c2ccccc21. The fourth-order valence-corrected chi connectivity index (χ4v) is 2.14. The van der Waals surface area contributed by atoms with Crippen molar-refractivity contribution in [2.45, 2.75) is 13.5 Å². The number of hydrogen-bond donors (Lipinski definition) is 1. The first-order valence-corrected chi connectivity index (χ1v) is 5.59. The van der Waals surface area contributed by atoms with Crippen LogP contribution in [-0.2, 0) is 11.3 Å². The highest BCUT2D eigenvalue weighted by atomic mass is 35.5. The number of hydrogen-bond acceptors (Lipinski definition) is 1. The van der Waals surface area contributed by atoms with Crippen LogP contribution >= 0.6 is 11.6 Å². The van der Waals surface area contributed by atoms with Gasteiger partial charge in [-0.05, 0) is 18.6 Å². The topological polar surface area (TPSA) is 42.2 Å². The molecule has 88 valence electrons. The number of benzene rings is 1. The molecule has 0 bridgehead atoms. The van der Waals surface area contributed by atoms with Crippen molar-refractivity contribution in [3.63, 3.8) is 0 Å². The van der Waals surface area contributed by atoms with Gasteiger partial charge in [-0.1, -0.05) is 29.8 Å².